The summed E-state index contributed by atoms with van der Waals surface area (Å²) in [6, 6.07) is 0. The van der Waals surface area contributed by atoms with Gasteiger partial charge in [-0.2, -0.15) is 13.2 Å². The summed E-state index contributed by atoms with van der Waals surface area (Å²) in [7, 11) is 0. The van der Waals surface area contributed by atoms with Crippen LogP contribution in [0.5, 0.6) is 0 Å². The quantitative estimate of drug-likeness (QED) is 0.611. The number of nitrogens with one attached hydrogen (secondary N) is 1. The summed E-state index contributed by atoms with van der Waals surface area (Å²) in [5.74, 6) is 0.232. The number of hydrogen-bond acceptors (Lipinski definition) is 2. The number of halogens is 3. The van der Waals surface area contributed by atoms with Crippen LogP contribution in [0, 0.1) is 0 Å². The Labute approximate surface area is 73.6 Å². The first kappa shape index (κ1) is 9.70. The molecule has 0 saturated carbocycles. The van der Waals surface area contributed by atoms with E-state index in [0.717, 1.165) is 12.2 Å². The number of nitrogens with two attached hydrogens (primary N) is 1. The number of hydrogen-bond donors (Lipinski definition) is 2. The standard InChI is InChI=1S/C8H9F3N2/c1-5-4-6(8(9,10)11)2-3-13-7(5)12/h2-4,13H,12H2,1H3. The molecular weight excluding hydrogens is 181 g/mol. The number of alkyl halides is 3. The third kappa shape index (κ3) is 2.27. The second-order valence-corrected chi connectivity index (χ2v) is 2.67. The van der Waals surface area contributed by atoms with Crippen molar-refractivity contribution in [3.63, 3.8) is 0 Å². The molecule has 0 bridgehead atoms. The van der Waals surface area contributed by atoms with Crippen molar-refractivity contribution in [3.05, 3.63) is 35.3 Å². The van der Waals surface area contributed by atoms with Crippen LogP contribution < -0.4 is 11.1 Å². The van der Waals surface area contributed by atoms with Crippen LogP contribution in [0.25, 0.3) is 0 Å². The summed E-state index contributed by atoms with van der Waals surface area (Å²) in [5.41, 5.74) is 5.05. The lowest BCUT2D eigenvalue weighted by atomic mass is 10.2. The van der Waals surface area contributed by atoms with Crippen LogP contribution in [0.1, 0.15) is 6.92 Å². The summed E-state index contributed by atoms with van der Waals surface area (Å²) >= 11 is 0. The Morgan fingerprint density at radius 1 is 1.38 bits per heavy atom. The summed E-state index contributed by atoms with van der Waals surface area (Å²) in [6.45, 7) is 1.51. The second kappa shape index (κ2) is 3.16. The molecule has 72 valence electrons. The maximum absolute atomic E-state index is 12.2. The highest BCUT2D eigenvalue weighted by atomic mass is 19.4. The van der Waals surface area contributed by atoms with Crippen LogP contribution in [-0.4, -0.2) is 6.18 Å². The molecular formula is C8H9F3N2. The van der Waals surface area contributed by atoms with Gasteiger partial charge in [-0.3, -0.25) is 0 Å². The Balaban J connectivity index is 3.07. The molecule has 0 aromatic rings. The van der Waals surface area contributed by atoms with Crippen LogP contribution >= 0.6 is 0 Å². The molecule has 0 aromatic heterocycles. The van der Waals surface area contributed by atoms with Gasteiger partial charge < -0.3 is 11.1 Å². The van der Waals surface area contributed by atoms with Crippen LogP contribution in [0.15, 0.2) is 35.3 Å². The van der Waals surface area contributed by atoms with Crippen molar-refractivity contribution in [2.45, 2.75) is 13.1 Å². The van der Waals surface area contributed by atoms with E-state index in [1.54, 1.807) is 0 Å². The first-order valence-corrected chi connectivity index (χ1v) is 3.59. The molecule has 1 heterocycles. The molecule has 0 atom stereocenters. The molecule has 5 heteroatoms. The van der Waals surface area contributed by atoms with Gasteiger partial charge in [0.25, 0.3) is 0 Å². The van der Waals surface area contributed by atoms with Gasteiger partial charge in [0.05, 0.1) is 5.57 Å². The highest BCUT2D eigenvalue weighted by molar-refractivity contribution is 5.36. The van der Waals surface area contributed by atoms with Crippen LogP contribution in [-0.2, 0) is 0 Å². The number of rotatable bonds is 0. The van der Waals surface area contributed by atoms with Gasteiger partial charge in [0.2, 0.25) is 0 Å². The van der Waals surface area contributed by atoms with E-state index >= 15 is 0 Å². The predicted molar refractivity (Wildman–Crippen MR) is 43.3 cm³/mol. The molecule has 0 radical (unpaired) electrons. The Morgan fingerprint density at radius 2 is 2.00 bits per heavy atom. The molecule has 1 rings (SSSR count). The lowest BCUT2D eigenvalue weighted by Gasteiger charge is -2.05. The Kier molecular flexibility index (Phi) is 2.36. The minimum absolute atomic E-state index is 0.232. The van der Waals surface area contributed by atoms with Crippen LogP contribution in [0.4, 0.5) is 13.2 Å². The van der Waals surface area contributed by atoms with Crippen molar-refractivity contribution in [1.29, 1.82) is 0 Å². The Hall–Kier alpha value is -1.39. The van der Waals surface area contributed by atoms with Crippen molar-refractivity contribution in [1.82, 2.24) is 5.32 Å². The fourth-order valence-corrected chi connectivity index (χ4v) is 0.871. The van der Waals surface area contributed by atoms with Gasteiger partial charge >= 0.3 is 6.18 Å². The van der Waals surface area contributed by atoms with E-state index in [4.69, 9.17) is 5.73 Å². The molecule has 0 fully saturated rings. The Morgan fingerprint density at radius 3 is 2.54 bits per heavy atom. The first-order chi connectivity index (χ1) is 5.91. The van der Waals surface area contributed by atoms with Gasteiger partial charge in [-0.05, 0) is 24.6 Å². The van der Waals surface area contributed by atoms with Crippen molar-refractivity contribution >= 4 is 0 Å². The molecule has 13 heavy (non-hydrogen) atoms. The normalized spacial score (nSPS) is 18.0. The van der Waals surface area contributed by atoms with E-state index in [-0.39, 0.29) is 5.82 Å². The highest BCUT2D eigenvalue weighted by Gasteiger charge is 2.32. The van der Waals surface area contributed by atoms with Crippen molar-refractivity contribution < 1.29 is 13.2 Å². The molecule has 1 aliphatic heterocycles. The van der Waals surface area contributed by atoms with Crippen molar-refractivity contribution in [2.75, 3.05) is 0 Å². The third-order valence-corrected chi connectivity index (χ3v) is 1.63. The topological polar surface area (TPSA) is 38.0 Å². The highest BCUT2D eigenvalue weighted by Crippen LogP contribution is 2.28. The zero-order valence-electron chi connectivity index (χ0n) is 6.94. The van der Waals surface area contributed by atoms with Crippen LogP contribution in [0.3, 0.4) is 0 Å². The van der Waals surface area contributed by atoms with Crippen molar-refractivity contribution in [3.8, 4) is 0 Å². The SMILES string of the molecule is CC1=C(N)NC=CC(C(F)(F)F)=C1. The zero-order chi connectivity index (χ0) is 10.1. The minimum Gasteiger partial charge on any atom is -0.385 e. The fourth-order valence-electron chi connectivity index (χ4n) is 0.871. The molecule has 3 N–H and O–H groups in total. The molecule has 0 saturated heterocycles. The molecule has 0 aromatic carbocycles. The first-order valence-electron chi connectivity index (χ1n) is 3.59. The summed E-state index contributed by atoms with van der Waals surface area (Å²) in [6.07, 6.45) is -1.20. The van der Waals surface area contributed by atoms with Gasteiger partial charge in [0, 0.05) is 6.20 Å². The van der Waals surface area contributed by atoms with Gasteiger partial charge in [-0.25, -0.2) is 0 Å². The van der Waals surface area contributed by atoms with E-state index in [2.05, 4.69) is 5.32 Å². The predicted octanol–water partition coefficient (Wildman–Crippen LogP) is 1.78. The summed E-state index contributed by atoms with van der Waals surface area (Å²) < 4.78 is 36.6. The molecule has 0 unspecified atom stereocenters. The average molecular weight is 190 g/mol. The van der Waals surface area contributed by atoms with Crippen LogP contribution in [0.2, 0.25) is 0 Å². The summed E-state index contributed by atoms with van der Waals surface area (Å²) in [4.78, 5) is 0. The van der Waals surface area contributed by atoms with E-state index < -0.39 is 11.7 Å². The van der Waals surface area contributed by atoms with Gasteiger partial charge in [0.15, 0.2) is 0 Å². The molecule has 0 amide bonds. The maximum Gasteiger partial charge on any atom is 0.416 e. The van der Waals surface area contributed by atoms with Gasteiger partial charge in [-0.1, -0.05) is 0 Å². The van der Waals surface area contributed by atoms with Gasteiger partial charge in [-0.15, -0.1) is 0 Å². The largest absolute Gasteiger partial charge is 0.416 e. The van der Waals surface area contributed by atoms with Gasteiger partial charge in [0.1, 0.15) is 5.82 Å². The minimum atomic E-state index is -4.33. The molecule has 0 spiro atoms. The van der Waals surface area contributed by atoms with E-state index in [1.165, 1.54) is 13.1 Å². The summed E-state index contributed by atoms with van der Waals surface area (Å²) in [5, 5.41) is 2.52. The van der Waals surface area contributed by atoms with E-state index in [0.29, 0.717) is 5.57 Å². The zero-order valence-corrected chi connectivity index (χ0v) is 6.94. The lowest BCUT2D eigenvalue weighted by Crippen LogP contribution is -2.14. The average Bonchev–Trinajstić information content (AvgIpc) is 2.13. The second-order valence-electron chi connectivity index (χ2n) is 2.67. The molecule has 1 aliphatic rings. The maximum atomic E-state index is 12.2. The Bertz CT molecular complexity index is 297. The molecule has 0 aliphatic carbocycles. The van der Waals surface area contributed by atoms with E-state index in [9.17, 15) is 13.2 Å². The number of allylic oxidation sites excluding steroid dienone is 4. The third-order valence-electron chi connectivity index (χ3n) is 1.63. The molecule has 2 nitrogen and oxygen atoms in total. The monoisotopic (exact) mass is 190 g/mol. The van der Waals surface area contributed by atoms with E-state index in [1.807, 2.05) is 0 Å². The lowest BCUT2D eigenvalue weighted by molar-refractivity contribution is -0.0882. The smallest absolute Gasteiger partial charge is 0.385 e. The van der Waals surface area contributed by atoms with Crippen molar-refractivity contribution in [2.24, 2.45) is 5.73 Å². The fraction of sp³-hybridized carbons (Fsp3) is 0.250.